The van der Waals surface area contributed by atoms with E-state index in [1.165, 1.54) is 31.2 Å². The average Bonchev–Trinajstić information content (AvgIpc) is 2.65. The Labute approximate surface area is 174 Å². The predicted molar refractivity (Wildman–Crippen MR) is 110 cm³/mol. The van der Waals surface area contributed by atoms with Gasteiger partial charge in [0.2, 0.25) is 6.04 Å². The zero-order valence-electron chi connectivity index (χ0n) is 17.8. The number of rotatable bonds is 4. The van der Waals surface area contributed by atoms with Gasteiger partial charge in [0.1, 0.15) is 11.3 Å². The first kappa shape index (κ1) is 22.4. The molecule has 0 amide bonds. The van der Waals surface area contributed by atoms with E-state index in [4.69, 9.17) is 4.74 Å². The third-order valence-electron chi connectivity index (χ3n) is 6.28. The summed E-state index contributed by atoms with van der Waals surface area (Å²) in [4.78, 5) is 10.6. The molecule has 1 unspecified atom stereocenters. The Morgan fingerprint density at radius 1 is 1.07 bits per heavy atom. The smallest absolute Gasteiger partial charge is 0.420 e. The lowest BCUT2D eigenvalue weighted by molar-refractivity contribution is -0.524. The van der Waals surface area contributed by atoms with Gasteiger partial charge in [-0.25, -0.2) is 0 Å². The number of halogens is 3. The maximum absolute atomic E-state index is 13.9. The molecule has 3 rings (SSSR count). The first-order valence-electron chi connectivity index (χ1n) is 10.3. The number of fused-ring (bicyclic) bond motifs is 1. The first-order valence-corrected chi connectivity index (χ1v) is 10.3. The van der Waals surface area contributed by atoms with E-state index in [2.05, 4.69) is 20.8 Å². The van der Waals surface area contributed by atoms with Crippen molar-refractivity contribution in [2.24, 2.45) is 11.3 Å². The topological polar surface area (TPSA) is 52.4 Å². The molecule has 1 atom stereocenters. The van der Waals surface area contributed by atoms with Crippen LogP contribution in [0.2, 0.25) is 0 Å². The summed E-state index contributed by atoms with van der Waals surface area (Å²) in [6.45, 7) is 7.99. The molecule has 1 fully saturated rings. The van der Waals surface area contributed by atoms with Gasteiger partial charge in [-0.15, -0.1) is 0 Å². The van der Waals surface area contributed by atoms with Crippen LogP contribution in [0.1, 0.15) is 70.5 Å². The summed E-state index contributed by atoms with van der Waals surface area (Å²) in [5, 5.41) is 11.3. The number of ether oxygens (including phenoxy) is 1. The Kier molecular flexibility index (Phi) is 6.03. The molecule has 0 aliphatic heterocycles. The third-order valence-corrected chi connectivity index (χ3v) is 6.28. The largest absolute Gasteiger partial charge is 0.490 e. The maximum atomic E-state index is 13.9. The quantitative estimate of drug-likeness (QED) is 0.387. The zero-order chi connectivity index (χ0) is 22.3. The minimum absolute atomic E-state index is 0.00248. The van der Waals surface area contributed by atoms with Crippen molar-refractivity contribution in [2.75, 3.05) is 0 Å². The third kappa shape index (κ3) is 4.71. The Morgan fingerprint density at radius 3 is 2.23 bits per heavy atom. The van der Waals surface area contributed by atoms with E-state index in [9.17, 15) is 23.3 Å². The van der Waals surface area contributed by atoms with Gasteiger partial charge in [-0.2, -0.15) is 13.2 Å². The molecular formula is C23H28F3NO3. The second-order valence-corrected chi connectivity index (χ2v) is 9.34. The van der Waals surface area contributed by atoms with E-state index in [-0.39, 0.29) is 22.7 Å². The highest BCUT2D eigenvalue weighted by molar-refractivity contribution is 5.89. The van der Waals surface area contributed by atoms with Crippen molar-refractivity contribution in [3.63, 3.8) is 0 Å². The van der Waals surface area contributed by atoms with E-state index < -0.39 is 22.7 Å². The Bertz CT molecular complexity index is 926. The van der Waals surface area contributed by atoms with Crippen LogP contribution in [0.25, 0.3) is 10.8 Å². The van der Waals surface area contributed by atoms with Crippen LogP contribution < -0.4 is 4.74 Å². The van der Waals surface area contributed by atoms with Crippen LogP contribution in [0.5, 0.6) is 5.75 Å². The molecule has 0 heterocycles. The number of hydrogen-bond acceptors (Lipinski definition) is 3. The summed E-state index contributed by atoms with van der Waals surface area (Å²) < 4.78 is 47.7. The minimum atomic E-state index is -4.59. The number of alkyl halides is 3. The molecule has 0 spiro atoms. The number of nitrogens with zero attached hydrogens (tertiary/aromatic N) is 1. The van der Waals surface area contributed by atoms with E-state index in [1.807, 2.05) is 0 Å². The Morgan fingerprint density at radius 2 is 1.70 bits per heavy atom. The van der Waals surface area contributed by atoms with Crippen LogP contribution in [-0.2, 0) is 6.18 Å². The summed E-state index contributed by atoms with van der Waals surface area (Å²) in [6, 6.07) is 6.08. The number of benzene rings is 2. The van der Waals surface area contributed by atoms with Crippen LogP contribution in [0, 0.1) is 21.4 Å². The molecule has 4 nitrogen and oxygen atoms in total. The van der Waals surface area contributed by atoms with Crippen LogP contribution in [0.3, 0.4) is 0 Å². The van der Waals surface area contributed by atoms with E-state index in [1.54, 1.807) is 6.07 Å². The average molecular weight is 423 g/mol. The van der Waals surface area contributed by atoms with Crippen LogP contribution in [0.15, 0.2) is 30.3 Å². The fraction of sp³-hybridized carbons (Fsp3) is 0.565. The number of nitro groups is 1. The van der Waals surface area contributed by atoms with Crippen molar-refractivity contribution >= 4 is 10.8 Å². The predicted octanol–water partition coefficient (Wildman–Crippen LogP) is 7.18. The fourth-order valence-electron chi connectivity index (χ4n) is 4.33. The zero-order valence-corrected chi connectivity index (χ0v) is 17.8. The Balaban J connectivity index is 1.92. The van der Waals surface area contributed by atoms with Gasteiger partial charge in [0, 0.05) is 17.4 Å². The van der Waals surface area contributed by atoms with Gasteiger partial charge in [-0.05, 0) is 59.9 Å². The van der Waals surface area contributed by atoms with Crippen LogP contribution in [0.4, 0.5) is 13.2 Å². The van der Waals surface area contributed by atoms with Crippen molar-refractivity contribution in [2.45, 2.75) is 71.7 Å². The molecular weight excluding hydrogens is 395 g/mol. The molecule has 0 radical (unpaired) electrons. The SMILES string of the molecule is CC(c1ccc2c(C(F)(F)F)c(O[C@H]3CC[C@H](C(C)(C)C)CC3)ccc2c1)[N+](=O)[O-]. The molecule has 30 heavy (non-hydrogen) atoms. The molecule has 0 N–H and O–H groups in total. The summed E-state index contributed by atoms with van der Waals surface area (Å²) in [5.41, 5.74) is -0.253. The molecule has 1 aliphatic carbocycles. The summed E-state index contributed by atoms with van der Waals surface area (Å²) in [5.74, 6) is 0.377. The van der Waals surface area contributed by atoms with Gasteiger partial charge >= 0.3 is 6.18 Å². The molecule has 0 aromatic heterocycles. The second-order valence-electron chi connectivity index (χ2n) is 9.34. The van der Waals surface area contributed by atoms with E-state index >= 15 is 0 Å². The van der Waals surface area contributed by atoms with Crippen molar-refractivity contribution in [3.05, 3.63) is 51.6 Å². The second kappa shape index (κ2) is 8.08. The van der Waals surface area contributed by atoms with Gasteiger partial charge in [0.25, 0.3) is 0 Å². The first-order chi connectivity index (χ1) is 13.9. The molecule has 0 bridgehead atoms. The van der Waals surface area contributed by atoms with Crippen molar-refractivity contribution in [1.29, 1.82) is 0 Å². The highest BCUT2D eigenvalue weighted by Gasteiger charge is 2.38. The monoisotopic (exact) mass is 423 g/mol. The maximum Gasteiger partial charge on any atom is 0.420 e. The standard InChI is InChI=1S/C23H28F3NO3/c1-14(27(28)29)15-5-11-19-16(13-15)6-12-20(21(19)23(24,25)26)30-18-9-7-17(8-10-18)22(2,3)4/h5-6,11-14,17-18H,7-10H2,1-4H3/t14?,17-,18-. The molecule has 2 aromatic carbocycles. The highest BCUT2D eigenvalue weighted by atomic mass is 19.4. The fourth-order valence-corrected chi connectivity index (χ4v) is 4.33. The van der Waals surface area contributed by atoms with Gasteiger partial charge in [-0.3, -0.25) is 10.1 Å². The molecule has 1 saturated carbocycles. The van der Waals surface area contributed by atoms with Gasteiger partial charge in [0.15, 0.2) is 0 Å². The van der Waals surface area contributed by atoms with Crippen molar-refractivity contribution in [1.82, 2.24) is 0 Å². The van der Waals surface area contributed by atoms with Gasteiger partial charge in [-0.1, -0.05) is 39.0 Å². The summed E-state index contributed by atoms with van der Waals surface area (Å²) in [6.07, 6.45) is -1.49. The minimum Gasteiger partial charge on any atom is -0.490 e. The molecule has 0 saturated heterocycles. The normalized spacial score (nSPS) is 21.4. The molecule has 1 aliphatic rings. The van der Waals surface area contributed by atoms with E-state index in [0.717, 1.165) is 25.7 Å². The molecule has 164 valence electrons. The van der Waals surface area contributed by atoms with Gasteiger partial charge in [0.05, 0.1) is 6.10 Å². The summed E-state index contributed by atoms with van der Waals surface area (Å²) >= 11 is 0. The lowest BCUT2D eigenvalue weighted by Gasteiger charge is -2.37. The highest BCUT2D eigenvalue weighted by Crippen LogP contribution is 2.44. The van der Waals surface area contributed by atoms with Crippen molar-refractivity contribution in [3.8, 4) is 5.75 Å². The number of hydrogen-bond donors (Lipinski definition) is 0. The van der Waals surface area contributed by atoms with Crippen LogP contribution >= 0.6 is 0 Å². The lowest BCUT2D eigenvalue weighted by Crippen LogP contribution is -2.31. The van der Waals surface area contributed by atoms with Crippen LogP contribution in [-0.4, -0.2) is 11.0 Å². The summed E-state index contributed by atoms with van der Waals surface area (Å²) in [7, 11) is 0. The van der Waals surface area contributed by atoms with E-state index in [0.29, 0.717) is 16.9 Å². The molecule has 2 aromatic rings. The molecule has 7 heteroatoms. The van der Waals surface area contributed by atoms with Crippen molar-refractivity contribution < 1.29 is 22.8 Å². The van der Waals surface area contributed by atoms with Gasteiger partial charge < -0.3 is 4.74 Å². The lowest BCUT2D eigenvalue weighted by atomic mass is 9.72. The Hall–Kier alpha value is -2.31.